The lowest BCUT2D eigenvalue weighted by molar-refractivity contribution is 0.0853. The fraction of sp³-hybridized carbons (Fsp3) is 0.294. The summed E-state index contributed by atoms with van der Waals surface area (Å²) in [5.41, 5.74) is 7.93. The third-order valence-corrected chi connectivity index (χ3v) is 5.55. The van der Waals surface area contributed by atoms with E-state index in [9.17, 15) is 9.59 Å². The Kier molecular flexibility index (Phi) is 5.85. The van der Waals surface area contributed by atoms with Gasteiger partial charge >= 0.3 is 0 Å². The summed E-state index contributed by atoms with van der Waals surface area (Å²) in [5, 5.41) is 3.25. The van der Waals surface area contributed by atoms with Gasteiger partial charge < -0.3 is 11.1 Å². The van der Waals surface area contributed by atoms with E-state index in [1.165, 1.54) is 28.9 Å². The first-order valence-corrected chi connectivity index (χ1v) is 9.68. The first-order chi connectivity index (χ1) is 12.2. The Labute approximate surface area is 153 Å². The van der Waals surface area contributed by atoms with Crippen molar-refractivity contribution in [2.24, 2.45) is 5.73 Å². The zero-order valence-electron chi connectivity index (χ0n) is 13.5. The molecule has 2 heterocycles. The second kappa shape index (κ2) is 8.28. The normalized spacial score (nSPS) is 12.2. The van der Waals surface area contributed by atoms with Crippen molar-refractivity contribution in [2.45, 2.75) is 25.3 Å². The fourth-order valence-corrected chi connectivity index (χ4v) is 3.93. The molecule has 0 fully saturated rings. The first kappa shape index (κ1) is 17.7. The SMILES string of the molecule is NCCCCC(NC(=O)c1cncs1)C(=O)c1nc2ccccc2s1. The molecule has 6 nitrogen and oxygen atoms in total. The number of nitrogens with two attached hydrogens (primary N) is 1. The van der Waals surface area contributed by atoms with Gasteiger partial charge in [-0.1, -0.05) is 12.1 Å². The van der Waals surface area contributed by atoms with E-state index in [1.54, 1.807) is 5.51 Å². The van der Waals surface area contributed by atoms with E-state index in [2.05, 4.69) is 15.3 Å². The first-order valence-electron chi connectivity index (χ1n) is 7.98. The molecule has 0 bridgehead atoms. The molecule has 2 aromatic heterocycles. The predicted molar refractivity (Wildman–Crippen MR) is 100 cm³/mol. The number of hydrogen-bond acceptors (Lipinski definition) is 7. The molecule has 0 spiro atoms. The van der Waals surface area contributed by atoms with Gasteiger partial charge in [-0.25, -0.2) is 4.98 Å². The van der Waals surface area contributed by atoms with Gasteiger partial charge in [0.1, 0.15) is 4.88 Å². The van der Waals surface area contributed by atoms with Crippen LogP contribution in [0.2, 0.25) is 0 Å². The summed E-state index contributed by atoms with van der Waals surface area (Å²) >= 11 is 2.60. The maximum absolute atomic E-state index is 12.9. The van der Waals surface area contributed by atoms with Crippen molar-refractivity contribution in [1.82, 2.24) is 15.3 Å². The van der Waals surface area contributed by atoms with Crippen molar-refractivity contribution >= 4 is 44.6 Å². The number of benzene rings is 1. The number of hydrogen-bond donors (Lipinski definition) is 2. The lowest BCUT2D eigenvalue weighted by Crippen LogP contribution is -2.40. The zero-order valence-corrected chi connectivity index (χ0v) is 15.1. The highest BCUT2D eigenvalue weighted by Crippen LogP contribution is 2.23. The number of aromatic nitrogens is 2. The van der Waals surface area contributed by atoms with E-state index in [1.807, 2.05) is 24.3 Å². The van der Waals surface area contributed by atoms with Crippen LogP contribution >= 0.6 is 22.7 Å². The highest BCUT2D eigenvalue weighted by molar-refractivity contribution is 7.20. The number of amides is 1. The molecule has 1 unspecified atom stereocenters. The van der Waals surface area contributed by atoms with Gasteiger partial charge in [-0.3, -0.25) is 14.6 Å². The van der Waals surface area contributed by atoms with Gasteiger partial charge in [0, 0.05) is 0 Å². The number of rotatable bonds is 8. The smallest absolute Gasteiger partial charge is 0.263 e. The molecule has 0 aliphatic carbocycles. The molecule has 1 aromatic carbocycles. The number of unbranched alkanes of at least 4 members (excludes halogenated alkanes) is 1. The van der Waals surface area contributed by atoms with Crippen LogP contribution < -0.4 is 11.1 Å². The minimum atomic E-state index is -0.610. The maximum atomic E-state index is 12.9. The summed E-state index contributed by atoms with van der Waals surface area (Å²) in [6.45, 7) is 0.560. The molecule has 0 aliphatic rings. The van der Waals surface area contributed by atoms with Crippen LogP contribution in [0.3, 0.4) is 0 Å². The third kappa shape index (κ3) is 4.28. The Morgan fingerprint density at radius 1 is 1.24 bits per heavy atom. The number of nitrogens with zero attached hydrogens (tertiary/aromatic N) is 2. The Morgan fingerprint density at radius 3 is 2.80 bits per heavy atom. The van der Waals surface area contributed by atoms with Gasteiger partial charge in [0.2, 0.25) is 5.78 Å². The largest absolute Gasteiger partial charge is 0.341 e. The number of carbonyl (C=O) groups is 2. The average molecular weight is 374 g/mol. The van der Waals surface area contributed by atoms with E-state index in [0.717, 1.165) is 23.1 Å². The molecule has 3 rings (SSSR count). The highest BCUT2D eigenvalue weighted by atomic mass is 32.1. The van der Waals surface area contributed by atoms with E-state index in [0.29, 0.717) is 22.9 Å². The van der Waals surface area contributed by atoms with Crippen LogP contribution in [0.1, 0.15) is 38.7 Å². The van der Waals surface area contributed by atoms with E-state index in [4.69, 9.17) is 5.73 Å². The van der Waals surface area contributed by atoms with Crippen LogP contribution in [-0.2, 0) is 0 Å². The van der Waals surface area contributed by atoms with Crippen LogP contribution in [0.4, 0.5) is 0 Å². The topological polar surface area (TPSA) is 98.0 Å². The summed E-state index contributed by atoms with van der Waals surface area (Å²) in [6, 6.07) is 7.01. The number of Topliss-reactive ketones (excluding diaryl/α,β-unsaturated/α-hetero) is 1. The molecule has 0 aliphatic heterocycles. The molecule has 1 atom stereocenters. The number of nitrogens with one attached hydrogen (secondary N) is 1. The van der Waals surface area contributed by atoms with Gasteiger partial charge in [0.25, 0.3) is 5.91 Å². The molecular weight excluding hydrogens is 356 g/mol. The molecule has 130 valence electrons. The van der Waals surface area contributed by atoms with Crippen LogP contribution in [0.25, 0.3) is 10.2 Å². The lowest BCUT2D eigenvalue weighted by atomic mass is 10.1. The molecule has 3 aromatic rings. The molecule has 3 N–H and O–H groups in total. The molecule has 1 amide bonds. The molecule has 25 heavy (non-hydrogen) atoms. The number of carbonyl (C=O) groups excluding carboxylic acids is 2. The summed E-state index contributed by atoms with van der Waals surface area (Å²) in [5.74, 6) is -0.439. The van der Waals surface area contributed by atoms with Crippen molar-refractivity contribution in [2.75, 3.05) is 6.54 Å². The quantitative estimate of drug-likeness (QED) is 0.467. The van der Waals surface area contributed by atoms with Gasteiger partial charge in [-0.15, -0.1) is 22.7 Å². The van der Waals surface area contributed by atoms with Gasteiger partial charge in [0.15, 0.2) is 5.01 Å². The van der Waals surface area contributed by atoms with E-state index in [-0.39, 0.29) is 11.7 Å². The van der Waals surface area contributed by atoms with Crippen molar-refractivity contribution in [3.05, 3.63) is 45.9 Å². The average Bonchev–Trinajstić information content (AvgIpc) is 3.29. The van der Waals surface area contributed by atoms with Crippen molar-refractivity contribution in [1.29, 1.82) is 0 Å². The van der Waals surface area contributed by atoms with Gasteiger partial charge in [-0.2, -0.15) is 0 Å². The molecule has 0 saturated heterocycles. The van der Waals surface area contributed by atoms with Crippen LogP contribution in [0, 0.1) is 0 Å². The molecule has 0 radical (unpaired) electrons. The molecule has 0 saturated carbocycles. The lowest BCUT2D eigenvalue weighted by Gasteiger charge is -2.15. The van der Waals surface area contributed by atoms with Crippen LogP contribution in [0.15, 0.2) is 36.0 Å². The Hall–Kier alpha value is -2.16. The van der Waals surface area contributed by atoms with E-state index < -0.39 is 6.04 Å². The van der Waals surface area contributed by atoms with Gasteiger partial charge in [-0.05, 0) is 37.9 Å². The monoisotopic (exact) mass is 374 g/mol. The minimum absolute atomic E-state index is 0.156. The number of para-hydroxylation sites is 1. The number of thiazole rings is 2. The molecular formula is C17H18N4O2S2. The summed E-state index contributed by atoms with van der Waals surface area (Å²) in [7, 11) is 0. The minimum Gasteiger partial charge on any atom is -0.341 e. The predicted octanol–water partition coefficient (Wildman–Crippen LogP) is 2.86. The fourth-order valence-electron chi connectivity index (χ4n) is 2.45. The second-order valence-corrected chi connectivity index (χ2v) is 7.44. The Bertz CT molecular complexity index is 828. The van der Waals surface area contributed by atoms with Gasteiger partial charge in [0.05, 0.1) is 28.0 Å². The Morgan fingerprint density at radius 2 is 2.08 bits per heavy atom. The summed E-state index contributed by atoms with van der Waals surface area (Å²) < 4.78 is 0.959. The zero-order chi connectivity index (χ0) is 17.6. The van der Waals surface area contributed by atoms with Crippen molar-refractivity contribution in [3.63, 3.8) is 0 Å². The van der Waals surface area contributed by atoms with Crippen molar-refractivity contribution in [3.8, 4) is 0 Å². The van der Waals surface area contributed by atoms with Crippen molar-refractivity contribution < 1.29 is 9.59 Å². The second-order valence-electron chi connectivity index (χ2n) is 5.53. The summed E-state index contributed by atoms with van der Waals surface area (Å²) in [6.07, 6.45) is 3.61. The van der Waals surface area contributed by atoms with E-state index >= 15 is 0 Å². The third-order valence-electron chi connectivity index (χ3n) is 3.73. The number of fused-ring (bicyclic) bond motifs is 1. The van der Waals surface area contributed by atoms with Crippen LogP contribution in [-0.4, -0.2) is 34.2 Å². The highest BCUT2D eigenvalue weighted by Gasteiger charge is 2.25. The maximum Gasteiger partial charge on any atom is 0.263 e. The van der Waals surface area contributed by atoms with Crippen LogP contribution in [0.5, 0.6) is 0 Å². The standard InChI is InChI=1S/C17H18N4O2S2/c18-8-4-3-6-12(20-16(23)14-9-19-10-24-14)15(22)17-21-11-5-1-2-7-13(11)25-17/h1-2,5,7,9-10,12H,3-4,6,8,18H2,(H,20,23). The summed E-state index contributed by atoms with van der Waals surface area (Å²) in [4.78, 5) is 34.0. The molecule has 8 heteroatoms. The number of ketones is 1. The Balaban J connectivity index is 1.79.